The summed E-state index contributed by atoms with van der Waals surface area (Å²) in [6.07, 6.45) is -0.638. The number of nitro benzene ring substituents is 1. The fourth-order valence-electron chi connectivity index (χ4n) is 1.66. The molecule has 2 rings (SSSR count). The van der Waals surface area contributed by atoms with Crippen LogP contribution in [0.3, 0.4) is 0 Å². The second-order valence-corrected chi connectivity index (χ2v) is 5.60. The summed E-state index contributed by atoms with van der Waals surface area (Å²) in [5.41, 5.74) is 0.579. The standard InChI is InChI=1S/C14H11BrClNO4/c1-8(18)9-2-5-13(12(16)6-9)21-14-7-10(17(19)20)3-4-11(14)15/h2-8,18H,1H3. The van der Waals surface area contributed by atoms with Gasteiger partial charge in [-0.3, -0.25) is 10.1 Å². The van der Waals surface area contributed by atoms with Crippen LogP contribution < -0.4 is 4.74 Å². The number of hydrogen-bond donors (Lipinski definition) is 1. The third-order valence-electron chi connectivity index (χ3n) is 2.78. The van der Waals surface area contributed by atoms with E-state index in [-0.39, 0.29) is 11.4 Å². The van der Waals surface area contributed by atoms with E-state index in [2.05, 4.69) is 15.9 Å². The highest BCUT2D eigenvalue weighted by molar-refractivity contribution is 9.10. The van der Waals surface area contributed by atoms with E-state index in [1.54, 1.807) is 25.1 Å². The number of nitro groups is 1. The molecule has 0 radical (unpaired) electrons. The fourth-order valence-corrected chi connectivity index (χ4v) is 2.22. The van der Waals surface area contributed by atoms with Crippen molar-refractivity contribution < 1.29 is 14.8 Å². The Labute approximate surface area is 134 Å². The summed E-state index contributed by atoms with van der Waals surface area (Å²) < 4.78 is 6.17. The molecule has 2 aromatic rings. The lowest BCUT2D eigenvalue weighted by atomic mass is 10.1. The Balaban J connectivity index is 2.34. The topological polar surface area (TPSA) is 72.6 Å². The number of ether oxygens (including phenoxy) is 1. The lowest BCUT2D eigenvalue weighted by Crippen LogP contribution is -1.94. The maximum atomic E-state index is 10.8. The van der Waals surface area contributed by atoms with Crippen molar-refractivity contribution in [1.29, 1.82) is 0 Å². The average molecular weight is 373 g/mol. The SMILES string of the molecule is CC(O)c1ccc(Oc2cc([N+](=O)[O-])ccc2Br)c(Cl)c1. The summed E-state index contributed by atoms with van der Waals surface area (Å²) in [5.74, 6) is 0.637. The van der Waals surface area contributed by atoms with Gasteiger partial charge in [0.25, 0.3) is 5.69 Å². The van der Waals surface area contributed by atoms with Gasteiger partial charge in [-0.25, -0.2) is 0 Å². The third kappa shape index (κ3) is 3.72. The number of benzene rings is 2. The van der Waals surface area contributed by atoms with Gasteiger partial charge in [0.15, 0.2) is 0 Å². The average Bonchev–Trinajstić information content (AvgIpc) is 2.42. The van der Waals surface area contributed by atoms with E-state index in [0.29, 0.717) is 20.8 Å². The predicted octanol–water partition coefficient (Wildman–Crippen LogP) is 4.86. The smallest absolute Gasteiger partial charge is 0.273 e. The Bertz CT molecular complexity index is 691. The first-order chi connectivity index (χ1) is 9.88. The van der Waals surface area contributed by atoms with Crippen molar-refractivity contribution in [3.8, 4) is 11.5 Å². The van der Waals surface area contributed by atoms with Crippen LogP contribution in [-0.4, -0.2) is 10.0 Å². The molecule has 5 nitrogen and oxygen atoms in total. The summed E-state index contributed by atoms with van der Waals surface area (Å²) in [4.78, 5) is 10.3. The first kappa shape index (κ1) is 15.8. The van der Waals surface area contributed by atoms with Crippen LogP contribution in [0.15, 0.2) is 40.9 Å². The van der Waals surface area contributed by atoms with E-state index in [1.807, 2.05) is 0 Å². The Kier molecular flexibility index (Phi) is 4.82. The van der Waals surface area contributed by atoms with Crippen molar-refractivity contribution >= 4 is 33.2 Å². The lowest BCUT2D eigenvalue weighted by molar-refractivity contribution is -0.384. The van der Waals surface area contributed by atoms with E-state index >= 15 is 0 Å². The molecule has 0 aliphatic rings. The molecular formula is C14H11BrClNO4. The van der Waals surface area contributed by atoms with Crippen LogP contribution in [0.1, 0.15) is 18.6 Å². The molecule has 7 heteroatoms. The number of nitrogens with zero attached hydrogens (tertiary/aromatic N) is 1. The molecule has 0 heterocycles. The second kappa shape index (κ2) is 6.43. The summed E-state index contributed by atoms with van der Waals surface area (Å²) in [5, 5.41) is 20.6. The molecule has 0 amide bonds. The van der Waals surface area contributed by atoms with E-state index in [1.165, 1.54) is 18.2 Å². The number of hydrogen-bond acceptors (Lipinski definition) is 4. The molecule has 1 N–H and O–H groups in total. The van der Waals surface area contributed by atoms with Crippen molar-refractivity contribution in [3.05, 3.63) is 61.6 Å². The van der Waals surface area contributed by atoms with Gasteiger partial charge in [-0.15, -0.1) is 0 Å². The maximum absolute atomic E-state index is 10.8. The number of aliphatic hydroxyl groups is 1. The first-order valence-electron chi connectivity index (χ1n) is 5.98. The number of aliphatic hydroxyl groups excluding tert-OH is 1. The fraction of sp³-hybridized carbons (Fsp3) is 0.143. The summed E-state index contributed by atoms with van der Waals surface area (Å²) in [7, 11) is 0. The molecule has 1 unspecified atom stereocenters. The molecule has 1 atom stereocenters. The first-order valence-corrected chi connectivity index (χ1v) is 7.15. The molecule has 0 aliphatic heterocycles. The van der Waals surface area contributed by atoms with Crippen LogP contribution in [0.2, 0.25) is 5.02 Å². The highest BCUT2D eigenvalue weighted by atomic mass is 79.9. The molecule has 0 aliphatic carbocycles. The maximum Gasteiger partial charge on any atom is 0.273 e. The van der Waals surface area contributed by atoms with Gasteiger partial charge in [0.1, 0.15) is 11.5 Å². The molecule has 0 saturated carbocycles. The van der Waals surface area contributed by atoms with Gasteiger partial charge in [-0.05, 0) is 46.6 Å². The van der Waals surface area contributed by atoms with E-state index in [4.69, 9.17) is 16.3 Å². The number of halogens is 2. The molecule has 0 spiro atoms. The zero-order valence-electron chi connectivity index (χ0n) is 10.9. The normalized spacial score (nSPS) is 12.0. The summed E-state index contributed by atoms with van der Waals surface area (Å²) >= 11 is 9.36. The number of non-ortho nitro benzene ring substituents is 1. The molecule has 0 aromatic heterocycles. The van der Waals surface area contributed by atoms with Crippen molar-refractivity contribution in [3.63, 3.8) is 0 Å². The molecule has 110 valence electrons. The molecule has 0 saturated heterocycles. The molecule has 21 heavy (non-hydrogen) atoms. The van der Waals surface area contributed by atoms with Gasteiger partial charge in [-0.2, -0.15) is 0 Å². The Morgan fingerprint density at radius 1 is 1.29 bits per heavy atom. The second-order valence-electron chi connectivity index (χ2n) is 4.34. The largest absolute Gasteiger partial charge is 0.454 e. The molecule has 0 fully saturated rings. The predicted molar refractivity (Wildman–Crippen MR) is 83.0 cm³/mol. The zero-order valence-corrected chi connectivity index (χ0v) is 13.3. The molecule has 2 aromatic carbocycles. The van der Waals surface area contributed by atoms with Gasteiger partial charge < -0.3 is 9.84 Å². The van der Waals surface area contributed by atoms with Crippen LogP contribution in [0.5, 0.6) is 11.5 Å². The van der Waals surface area contributed by atoms with Crippen LogP contribution in [0.4, 0.5) is 5.69 Å². The van der Waals surface area contributed by atoms with Crippen molar-refractivity contribution in [2.24, 2.45) is 0 Å². The monoisotopic (exact) mass is 371 g/mol. The quantitative estimate of drug-likeness (QED) is 0.614. The zero-order chi connectivity index (χ0) is 15.6. The third-order valence-corrected chi connectivity index (χ3v) is 3.73. The van der Waals surface area contributed by atoms with E-state index in [0.717, 1.165) is 0 Å². The van der Waals surface area contributed by atoms with Crippen molar-refractivity contribution in [2.45, 2.75) is 13.0 Å². The van der Waals surface area contributed by atoms with Gasteiger partial charge in [0, 0.05) is 6.07 Å². The van der Waals surface area contributed by atoms with Crippen LogP contribution >= 0.6 is 27.5 Å². The summed E-state index contributed by atoms with van der Waals surface area (Å²) in [6.45, 7) is 1.63. The molecular weight excluding hydrogens is 362 g/mol. The van der Waals surface area contributed by atoms with E-state index < -0.39 is 11.0 Å². The van der Waals surface area contributed by atoms with Crippen LogP contribution in [0.25, 0.3) is 0 Å². The minimum absolute atomic E-state index is 0.0788. The summed E-state index contributed by atoms with van der Waals surface area (Å²) in [6, 6.07) is 9.09. The van der Waals surface area contributed by atoms with Gasteiger partial charge in [0.2, 0.25) is 0 Å². The van der Waals surface area contributed by atoms with Crippen molar-refractivity contribution in [1.82, 2.24) is 0 Å². The van der Waals surface area contributed by atoms with Gasteiger partial charge in [-0.1, -0.05) is 17.7 Å². The van der Waals surface area contributed by atoms with Gasteiger partial charge >= 0.3 is 0 Å². The van der Waals surface area contributed by atoms with Gasteiger partial charge in [0.05, 0.1) is 26.6 Å². The van der Waals surface area contributed by atoms with Crippen LogP contribution in [-0.2, 0) is 0 Å². The Morgan fingerprint density at radius 2 is 2.00 bits per heavy atom. The highest BCUT2D eigenvalue weighted by Crippen LogP contribution is 2.36. The minimum atomic E-state index is -0.638. The number of rotatable bonds is 4. The Hall–Kier alpha value is -1.63. The lowest BCUT2D eigenvalue weighted by Gasteiger charge is -2.11. The van der Waals surface area contributed by atoms with E-state index in [9.17, 15) is 15.2 Å². The minimum Gasteiger partial charge on any atom is -0.454 e. The Morgan fingerprint density at radius 3 is 2.57 bits per heavy atom. The highest BCUT2D eigenvalue weighted by Gasteiger charge is 2.13. The van der Waals surface area contributed by atoms with Crippen molar-refractivity contribution in [2.75, 3.05) is 0 Å². The molecule has 0 bridgehead atoms. The van der Waals surface area contributed by atoms with Crippen LogP contribution in [0, 0.1) is 10.1 Å².